The van der Waals surface area contributed by atoms with Crippen LogP contribution in [-0.4, -0.2) is 60.3 Å². The van der Waals surface area contributed by atoms with E-state index < -0.39 is 0 Å². The molecule has 1 N–H and O–H groups in total. The average molecular weight is 443 g/mol. The molecule has 1 aromatic carbocycles. The fourth-order valence-electron chi connectivity index (χ4n) is 4.46. The molecule has 3 aromatic rings. The molecule has 0 bridgehead atoms. The van der Waals surface area contributed by atoms with E-state index in [1.807, 2.05) is 45.1 Å². The van der Waals surface area contributed by atoms with E-state index >= 15 is 0 Å². The predicted molar refractivity (Wildman–Crippen MR) is 122 cm³/mol. The number of para-hydroxylation sites is 2. The second kappa shape index (κ2) is 9.30. The molecule has 8 nitrogen and oxygen atoms in total. The maximum Gasteiger partial charge on any atom is 0.243 e. The van der Waals surface area contributed by atoms with Crippen molar-refractivity contribution < 1.29 is 9.59 Å². The molecule has 31 heavy (non-hydrogen) atoms. The van der Waals surface area contributed by atoms with Gasteiger partial charge in [-0.05, 0) is 51.7 Å². The normalized spacial score (nSPS) is 19.3. The number of fused-ring (bicyclic) bond motifs is 3. The monoisotopic (exact) mass is 442 g/mol. The molecule has 2 aromatic heterocycles. The lowest BCUT2D eigenvalue weighted by atomic mass is 9.97. The number of amides is 2. The number of hydrogen-bond acceptors (Lipinski definition) is 5. The van der Waals surface area contributed by atoms with Crippen molar-refractivity contribution in [2.75, 3.05) is 12.3 Å². The van der Waals surface area contributed by atoms with Crippen LogP contribution >= 0.6 is 11.8 Å². The largest absolute Gasteiger partial charge is 0.355 e. The summed E-state index contributed by atoms with van der Waals surface area (Å²) in [5.74, 6) is 1.00. The molecular weight excluding hydrogens is 412 g/mol. The van der Waals surface area contributed by atoms with Gasteiger partial charge in [-0.1, -0.05) is 30.8 Å². The minimum Gasteiger partial charge on any atom is -0.355 e. The Hall–Kier alpha value is -2.55. The van der Waals surface area contributed by atoms with Crippen LogP contribution < -0.4 is 5.32 Å². The van der Waals surface area contributed by atoms with Gasteiger partial charge in [0.25, 0.3) is 0 Å². The summed E-state index contributed by atoms with van der Waals surface area (Å²) in [5, 5.41) is 12.2. The number of aromatic nitrogens is 4. The maximum atomic E-state index is 13.3. The molecule has 1 fully saturated rings. The Bertz CT molecular complexity index is 1080. The molecular formula is C22H30N6O2S. The summed E-state index contributed by atoms with van der Waals surface area (Å²) in [4.78, 5) is 27.4. The van der Waals surface area contributed by atoms with E-state index in [2.05, 4.69) is 29.4 Å². The van der Waals surface area contributed by atoms with Gasteiger partial charge in [0.1, 0.15) is 6.54 Å². The third-order valence-corrected chi connectivity index (χ3v) is 6.88. The summed E-state index contributed by atoms with van der Waals surface area (Å²) in [7, 11) is 0. The van der Waals surface area contributed by atoms with Crippen LogP contribution in [0.25, 0.3) is 16.8 Å². The SMILES string of the molecule is CCCNC(=O)CSc1nnc2n(CC(=O)N3C(C)CCCC3C)c3ccccc3n12. The number of likely N-dealkylation sites (tertiary alicyclic amines) is 1. The van der Waals surface area contributed by atoms with Crippen molar-refractivity contribution in [3.8, 4) is 0 Å². The molecule has 0 aliphatic carbocycles. The van der Waals surface area contributed by atoms with E-state index in [1.54, 1.807) is 0 Å². The lowest BCUT2D eigenvalue weighted by molar-refractivity contribution is -0.137. The van der Waals surface area contributed by atoms with Crippen molar-refractivity contribution in [2.24, 2.45) is 0 Å². The highest BCUT2D eigenvalue weighted by atomic mass is 32.2. The first-order valence-electron chi connectivity index (χ1n) is 11.0. The van der Waals surface area contributed by atoms with E-state index in [0.717, 1.165) is 30.3 Å². The smallest absolute Gasteiger partial charge is 0.243 e. The number of carbonyl (C=O) groups excluding carboxylic acids is 2. The number of nitrogens with zero attached hydrogens (tertiary/aromatic N) is 5. The Balaban J connectivity index is 1.64. The van der Waals surface area contributed by atoms with Gasteiger partial charge in [0.15, 0.2) is 5.16 Å². The summed E-state index contributed by atoms with van der Waals surface area (Å²) >= 11 is 1.36. The molecule has 9 heteroatoms. The van der Waals surface area contributed by atoms with Crippen molar-refractivity contribution in [2.45, 2.75) is 70.2 Å². The third kappa shape index (κ3) is 4.28. The van der Waals surface area contributed by atoms with Gasteiger partial charge >= 0.3 is 0 Å². The summed E-state index contributed by atoms with van der Waals surface area (Å²) in [6.07, 6.45) is 4.16. The minimum atomic E-state index is -0.0180. The Kier molecular flexibility index (Phi) is 6.50. The van der Waals surface area contributed by atoms with Gasteiger partial charge in [0.2, 0.25) is 17.6 Å². The van der Waals surface area contributed by atoms with Crippen LogP contribution in [0.2, 0.25) is 0 Å². The summed E-state index contributed by atoms with van der Waals surface area (Å²) in [6, 6.07) is 8.43. The van der Waals surface area contributed by atoms with Gasteiger partial charge in [-0.25, -0.2) is 0 Å². The number of hydrogen-bond donors (Lipinski definition) is 1. The lowest BCUT2D eigenvalue weighted by Gasteiger charge is -2.39. The standard InChI is InChI=1S/C22H30N6O2S/c1-4-12-23-19(29)14-31-22-25-24-21-26(17-10-5-6-11-18(17)28(21)22)13-20(30)27-15(2)8-7-9-16(27)3/h5-6,10-11,15-16H,4,7-9,12-14H2,1-3H3,(H,23,29). The molecule has 4 rings (SSSR count). The van der Waals surface area contributed by atoms with E-state index in [9.17, 15) is 9.59 Å². The summed E-state index contributed by atoms with van der Waals surface area (Å²) in [5.41, 5.74) is 1.88. The number of thioether (sulfide) groups is 1. The van der Waals surface area contributed by atoms with Crippen LogP contribution in [0.1, 0.15) is 46.5 Å². The van der Waals surface area contributed by atoms with Crippen LogP contribution in [0.4, 0.5) is 0 Å². The maximum absolute atomic E-state index is 13.3. The minimum absolute atomic E-state index is 0.0180. The first-order valence-corrected chi connectivity index (χ1v) is 12.0. The van der Waals surface area contributed by atoms with Gasteiger partial charge < -0.3 is 10.2 Å². The zero-order valence-electron chi connectivity index (χ0n) is 18.4. The number of nitrogens with one attached hydrogen (secondary N) is 1. The fraction of sp³-hybridized carbons (Fsp3) is 0.545. The fourth-order valence-corrected chi connectivity index (χ4v) is 5.23. The number of rotatable bonds is 7. The van der Waals surface area contributed by atoms with Crippen LogP contribution in [0, 0.1) is 0 Å². The van der Waals surface area contributed by atoms with Gasteiger partial charge in [0.05, 0.1) is 16.8 Å². The highest BCUT2D eigenvalue weighted by Crippen LogP contribution is 2.27. The first-order chi connectivity index (χ1) is 15.0. The molecule has 166 valence electrons. The van der Waals surface area contributed by atoms with E-state index in [4.69, 9.17) is 0 Å². The van der Waals surface area contributed by atoms with Gasteiger partial charge in [0, 0.05) is 18.6 Å². The second-order valence-corrected chi connectivity index (χ2v) is 9.20. The zero-order chi connectivity index (χ0) is 22.0. The molecule has 2 unspecified atom stereocenters. The van der Waals surface area contributed by atoms with Gasteiger partial charge in [-0.15, -0.1) is 10.2 Å². The van der Waals surface area contributed by atoms with Crippen molar-refractivity contribution in [1.29, 1.82) is 0 Å². The number of benzene rings is 1. The van der Waals surface area contributed by atoms with E-state index in [-0.39, 0.29) is 36.2 Å². The first kappa shape index (κ1) is 21.7. The third-order valence-electron chi connectivity index (χ3n) is 5.95. The summed E-state index contributed by atoms with van der Waals surface area (Å²) in [6.45, 7) is 7.19. The quantitative estimate of drug-likeness (QED) is 0.569. The van der Waals surface area contributed by atoms with E-state index in [0.29, 0.717) is 17.5 Å². The molecule has 1 saturated heterocycles. The number of carbonyl (C=O) groups is 2. The van der Waals surface area contributed by atoms with Gasteiger partial charge in [-0.3, -0.25) is 18.6 Å². The highest BCUT2D eigenvalue weighted by Gasteiger charge is 2.30. The molecule has 1 aliphatic heterocycles. The number of piperidine rings is 1. The predicted octanol–water partition coefficient (Wildman–Crippen LogP) is 3.09. The lowest BCUT2D eigenvalue weighted by Crippen LogP contribution is -2.48. The zero-order valence-corrected chi connectivity index (χ0v) is 19.2. The van der Waals surface area contributed by atoms with Crippen molar-refractivity contribution in [1.82, 2.24) is 29.4 Å². The molecule has 0 radical (unpaired) electrons. The van der Waals surface area contributed by atoms with Crippen LogP contribution in [0.5, 0.6) is 0 Å². The Morgan fingerprint density at radius 3 is 2.55 bits per heavy atom. The van der Waals surface area contributed by atoms with Crippen LogP contribution in [0.3, 0.4) is 0 Å². The molecule has 3 heterocycles. The topological polar surface area (TPSA) is 84.5 Å². The van der Waals surface area contributed by atoms with Gasteiger partial charge in [-0.2, -0.15) is 0 Å². The second-order valence-electron chi connectivity index (χ2n) is 8.26. The molecule has 2 atom stereocenters. The van der Waals surface area contributed by atoms with Crippen molar-refractivity contribution >= 4 is 40.4 Å². The van der Waals surface area contributed by atoms with Crippen molar-refractivity contribution in [3.63, 3.8) is 0 Å². The molecule has 0 saturated carbocycles. The Labute approximate surface area is 186 Å². The van der Waals surface area contributed by atoms with E-state index in [1.165, 1.54) is 18.2 Å². The Morgan fingerprint density at radius 2 is 1.84 bits per heavy atom. The Morgan fingerprint density at radius 1 is 1.13 bits per heavy atom. The average Bonchev–Trinajstić information content (AvgIpc) is 3.30. The molecule has 2 amide bonds. The van der Waals surface area contributed by atoms with Crippen molar-refractivity contribution in [3.05, 3.63) is 24.3 Å². The molecule has 0 spiro atoms. The van der Waals surface area contributed by atoms with Crippen LogP contribution in [0.15, 0.2) is 29.4 Å². The highest BCUT2D eigenvalue weighted by molar-refractivity contribution is 7.99. The summed E-state index contributed by atoms with van der Waals surface area (Å²) < 4.78 is 3.89. The number of imidazole rings is 1. The molecule has 1 aliphatic rings. The van der Waals surface area contributed by atoms with Crippen LogP contribution in [-0.2, 0) is 16.1 Å².